The lowest BCUT2D eigenvalue weighted by Gasteiger charge is -2.22. The van der Waals surface area contributed by atoms with Gasteiger partial charge in [-0.25, -0.2) is 8.42 Å². The summed E-state index contributed by atoms with van der Waals surface area (Å²) in [4.78, 5) is 1.78. The molecule has 0 aromatic heterocycles. The van der Waals surface area contributed by atoms with E-state index in [0.717, 1.165) is 0 Å². The molecule has 0 aliphatic heterocycles. The van der Waals surface area contributed by atoms with E-state index in [4.69, 9.17) is 15.2 Å². The SMILES string of the molecule is COc1cc(N)c(N(C)CCS(C)(=O)=O)cc1OC. The number of rotatable bonds is 6. The fraction of sp³-hybridized carbons (Fsp3) is 0.500. The minimum Gasteiger partial charge on any atom is -0.493 e. The van der Waals surface area contributed by atoms with Crippen molar-refractivity contribution in [2.24, 2.45) is 0 Å². The minimum atomic E-state index is -3.01. The number of nitrogens with zero attached hydrogens (tertiary/aromatic N) is 1. The molecule has 0 atom stereocenters. The zero-order valence-corrected chi connectivity index (χ0v) is 12.5. The number of sulfone groups is 1. The summed E-state index contributed by atoms with van der Waals surface area (Å²) in [5, 5.41) is 0. The first-order valence-electron chi connectivity index (χ1n) is 5.69. The Hall–Kier alpha value is -1.63. The molecule has 0 unspecified atom stereocenters. The van der Waals surface area contributed by atoms with E-state index in [1.165, 1.54) is 20.5 Å². The summed E-state index contributed by atoms with van der Waals surface area (Å²) < 4.78 is 32.7. The second-order valence-electron chi connectivity index (χ2n) is 4.32. The predicted octanol–water partition coefficient (Wildman–Crippen LogP) is 0.767. The molecule has 1 rings (SSSR count). The van der Waals surface area contributed by atoms with Gasteiger partial charge in [0.15, 0.2) is 11.5 Å². The molecule has 7 heteroatoms. The van der Waals surface area contributed by atoms with Crippen LogP contribution in [0.15, 0.2) is 12.1 Å². The summed E-state index contributed by atoms with van der Waals surface area (Å²) in [6.45, 7) is 0.360. The Kier molecular flexibility index (Phi) is 4.88. The molecule has 0 heterocycles. The van der Waals surface area contributed by atoms with Crippen molar-refractivity contribution >= 4 is 21.2 Å². The molecule has 0 saturated carbocycles. The third-order valence-corrected chi connectivity index (χ3v) is 3.67. The Morgan fingerprint density at radius 1 is 1.21 bits per heavy atom. The van der Waals surface area contributed by atoms with Gasteiger partial charge in [0.25, 0.3) is 0 Å². The van der Waals surface area contributed by atoms with Crippen molar-refractivity contribution in [3.05, 3.63) is 12.1 Å². The Bertz CT molecular complexity index is 543. The van der Waals surface area contributed by atoms with Gasteiger partial charge in [-0.3, -0.25) is 0 Å². The maximum atomic E-state index is 11.2. The quantitative estimate of drug-likeness (QED) is 0.779. The normalized spacial score (nSPS) is 11.2. The second kappa shape index (κ2) is 6.01. The first-order valence-corrected chi connectivity index (χ1v) is 7.75. The molecule has 0 radical (unpaired) electrons. The average Bonchev–Trinajstić information content (AvgIpc) is 2.34. The van der Waals surface area contributed by atoms with E-state index in [9.17, 15) is 8.42 Å². The summed E-state index contributed by atoms with van der Waals surface area (Å²) >= 11 is 0. The maximum Gasteiger partial charge on any atom is 0.162 e. The fourth-order valence-electron chi connectivity index (χ4n) is 1.64. The minimum absolute atomic E-state index is 0.0668. The molecule has 108 valence electrons. The lowest BCUT2D eigenvalue weighted by atomic mass is 10.2. The van der Waals surface area contributed by atoms with Crippen LogP contribution in [0.2, 0.25) is 0 Å². The van der Waals surface area contributed by atoms with Gasteiger partial charge in [0.05, 0.1) is 31.3 Å². The van der Waals surface area contributed by atoms with Gasteiger partial charge < -0.3 is 20.1 Å². The highest BCUT2D eigenvalue weighted by atomic mass is 32.2. The van der Waals surface area contributed by atoms with Crippen LogP contribution in [0.1, 0.15) is 0 Å². The van der Waals surface area contributed by atoms with E-state index in [1.54, 1.807) is 24.1 Å². The highest BCUT2D eigenvalue weighted by molar-refractivity contribution is 7.90. The molecule has 1 aromatic rings. The lowest BCUT2D eigenvalue weighted by molar-refractivity contribution is 0.355. The number of anilines is 2. The van der Waals surface area contributed by atoms with E-state index < -0.39 is 9.84 Å². The van der Waals surface area contributed by atoms with Crippen LogP contribution < -0.4 is 20.1 Å². The van der Waals surface area contributed by atoms with E-state index in [-0.39, 0.29) is 5.75 Å². The lowest BCUT2D eigenvalue weighted by Crippen LogP contribution is -2.25. The molecule has 1 aromatic carbocycles. The molecule has 0 spiro atoms. The van der Waals surface area contributed by atoms with Crippen molar-refractivity contribution in [1.29, 1.82) is 0 Å². The van der Waals surface area contributed by atoms with Crippen LogP contribution in [-0.4, -0.2) is 48.2 Å². The third kappa shape index (κ3) is 4.20. The van der Waals surface area contributed by atoms with Gasteiger partial charge in [0, 0.05) is 32.0 Å². The van der Waals surface area contributed by atoms with Crippen molar-refractivity contribution < 1.29 is 17.9 Å². The number of methoxy groups -OCH3 is 2. The monoisotopic (exact) mass is 288 g/mol. The van der Waals surface area contributed by atoms with Crippen LogP contribution in [0, 0.1) is 0 Å². The number of nitrogens with two attached hydrogens (primary N) is 1. The van der Waals surface area contributed by atoms with Crippen LogP contribution in [-0.2, 0) is 9.84 Å². The van der Waals surface area contributed by atoms with Gasteiger partial charge in [0.1, 0.15) is 9.84 Å². The van der Waals surface area contributed by atoms with Gasteiger partial charge in [-0.1, -0.05) is 0 Å². The number of hydrogen-bond acceptors (Lipinski definition) is 6. The molecule has 0 amide bonds. The molecule has 0 fully saturated rings. The second-order valence-corrected chi connectivity index (χ2v) is 6.58. The van der Waals surface area contributed by atoms with Crippen molar-refractivity contribution in [3.8, 4) is 11.5 Å². The zero-order chi connectivity index (χ0) is 14.6. The predicted molar refractivity (Wildman–Crippen MR) is 76.9 cm³/mol. The van der Waals surface area contributed by atoms with E-state index in [2.05, 4.69) is 0 Å². The average molecular weight is 288 g/mol. The molecule has 0 bridgehead atoms. The summed E-state index contributed by atoms with van der Waals surface area (Å²) in [5.74, 6) is 1.16. The van der Waals surface area contributed by atoms with Gasteiger partial charge in [0.2, 0.25) is 0 Å². The van der Waals surface area contributed by atoms with Gasteiger partial charge in [-0.2, -0.15) is 0 Å². The standard InChI is InChI=1S/C12H20N2O4S/c1-14(5-6-19(4,15)16)10-8-12(18-3)11(17-2)7-9(10)13/h7-8H,5-6,13H2,1-4H3. The fourth-order valence-corrected chi connectivity index (χ4v) is 2.24. The van der Waals surface area contributed by atoms with Crippen molar-refractivity contribution in [3.63, 3.8) is 0 Å². The summed E-state index contributed by atoms with van der Waals surface area (Å²) in [5.41, 5.74) is 7.15. The topological polar surface area (TPSA) is 81.9 Å². The maximum absolute atomic E-state index is 11.2. The van der Waals surface area contributed by atoms with Crippen molar-refractivity contribution in [2.45, 2.75) is 0 Å². The van der Waals surface area contributed by atoms with Crippen LogP contribution in [0.25, 0.3) is 0 Å². The van der Waals surface area contributed by atoms with Crippen molar-refractivity contribution in [2.75, 3.05) is 50.5 Å². The summed E-state index contributed by atoms with van der Waals surface area (Å²) in [7, 11) is 1.84. The van der Waals surface area contributed by atoms with Crippen LogP contribution in [0.5, 0.6) is 11.5 Å². The Morgan fingerprint density at radius 3 is 2.21 bits per heavy atom. The molecular weight excluding hydrogens is 268 g/mol. The Labute approximate surface area is 114 Å². The molecule has 2 N–H and O–H groups in total. The third-order valence-electron chi connectivity index (χ3n) is 2.74. The van der Waals surface area contributed by atoms with E-state index in [1.807, 2.05) is 0 Å². The molecule has 0 saturated heterocycles. The largest absolute Gasteiger partial charge is 0.493 e. The number of benzene rings is 1. The van der Waals surface area contributed by atoms with E-state index in [0.29, 0.717) is 29.4 Å². The molecule has 6 nitrogen and oxygen atoms in total. The highest BCUT2D eigenvalue weighted by Crippen LogP contribution is 2.36. The number of nitrogen functional groups attached to an aromatic ring is 1. The Morgan fingerprint density at radius 2 is 1.74 bits per heavy atom. The molecule has 0 aliphatic carbocycles. The molecular formula is C12H20N2O4S. The molecule has 19 heavy (non-hydrogen) atoms. The van der Waals surface area contributed by atoms with Gasteiger partial charge >= 0.3 is 0 Å². The van der Waals surface area contributed by atoms with E-state index >= 15 is 0 Å². The first kappa shape index (κ1) is 15.4. The number of hydrogen-bond donors (Lipinski definition) is 1. The van der Waals surface area contributed by atoms with Gasteiger partial charge in [-0.05, 0) is 0 Å². The number of ether oxygens (including phenoxy) is 2. The van der Waals surface area contributed by atoms with Crippen LogP contribution >= 0.6 is 0 Å². The van der Waals surface area contributed by atoms with Crippen molar-refractivity contribution in [1.82, 2.24) is 0 Å². The van der Waals surface area contributed by atoms with Gasteiger partial charge in [-0.15, -0.1) is 0 Å². The van der Waals surface area contributed by atoms with Crippen LogP contribution in [0.4, 0.5) is 11.4 Å². The van der Waals surface area contributed by atoms with Crippen LogP contribution in [0.3, 0.4) is 0 Å². The highest BCUT2D eigenvalue weighted by Gasteiger charge is 2.13. The first-order chi connectivity index (χ1) is 8.78. The smallest absolute Gasteiger partial charge is 0.162 e. The summed E-state index contributed by atoms with van der Waals surface area (Å²) in [6, 6.07) is 3.39. The summed E-state index contributed by atoms with van der Waals surface area (Å²) in [6.07, 6.45) is 1.21. The zero-order valence-electron chi connectivity index (χ0n) is 11.6. The Balaban J connectivity index is 2.99. The molecule has 0 aliphatic rings.